The second kappa shape index (κ2) is 8.84. The van der Waals surface area contributed by atoms with Gasteiger partial charge in [-0.2, -0.15) is 0 Å². The summed E-state index contributed by atoms with van der Waals surface area (Å²) in [5, 5.41) is 12.8. The number of hydrogen-bond donors (Lipinski definition) is 2. The maximum atomic E-state index is 12.1. The normalized spacial score (nSPS) is 10.8. The number of rotatable bonds is 6. The van der Waals surface area contributed by atoms with Crippen LogP contribution in [0.3, 0.4) is 0 Å². The van der Waals surface area contributed by atoms with Crippen LogP contribution in [-0.4, -0.2) is 26.5 Å². The molecule has 0 unspecified atom stereocenters. The van der Waals surface area contributed by atoms with Crippen LogP contribution in [0.5, 0.6) is 0 Å². The van der Waals surface area contributed by atoms with Gasteiger partial charge in [0.2, 0.25) is 11.1 Å². The number of nitrogens with one attached hydrogen (secondary N) is 1. The number of nitrogens with zero attached hydrogens (tertiary/aromatic N) is 3. The number of halogens is 3. The van der Waals surface area contributed by atoms with E-state index in [2.05, 4.69) is 15.5 Å². The van der Waals surface area contributed by atoms with Crippen molar-refractivity contribution in [2.24, 2.45) is 0 Å². The summed E-state index contributed by atoms with van der Waals surface area (Å²) >= 11 is 19.3. The third kappa shape index (κ3) is 4.87. The van der Waals surface area contributed by atoms with Crippen molar-refractivity contribution in [2.75, 3.05) is 11.6 Å². The van der Waals surface area contributed by atoms with Crippen LogP contribution in [0, 0.1) is 0 Å². The molecule has 0 radical (unpaired) electrons. The molecule has 140 valence electrons. The molecule has 3 N–H and O–H groups in total. The average Bonchev–Trinajstić information content (AvgIpc) is 3.00. The third-order valence-electron chi connectivity index (χ3n) is 3.60. The number of thioether (sulfide) groups is 1. The molecule has 3 rings (SSSR count). The summed E-state index contributed by atoms with van der Waals surface area (Å²) in [6.45, 7) is 0.347. The molecular weight excluding hydrogens is 429 g/mol. The lowest BCUT2D eigenvalue weighted by atomic mass is 10.2. The first kappa shape index (κ1) is 19.8. The van der Waals surface area contributed by atoms with Crippen LogP contribution in [0.25, 0.3) is 11.4 Å². The predicted octanol–water partition coefficient (Wildman–Crippen LogP) is 4.03. The maximum Gasteiger partial charge on any atom is 0.230 e. The summed E-state index contributed by atoms with van der Waals surface area (Å²) < 4.78 is 1.29. The van der Waals surface area contributed by atoms with Crippen LogP contribution in [0.1, 0.15) is 5.56 Å². The van der Waals surface area contributed by atoms with Gasteiger partial charge in [0.25, 0.3) is 0 Å². The van der Waals surface area contributed by atoms with E-state index >= 15 is 0 Å². The Hall–Kier alpha value is -1.93. The van der Waals surface area contributed by atoms with Gasteiger partial charge in [0.15, 0.2) is 5.82 Å². The summed E-state index contributed by atoms with van der Waals surface area (Å²) in [4.78, 5) is 12.1. The molecule has 0 saturated carbocycles. The second-order valence-electron chi connectivity index (χ2n) is 5.46. The van der Waals surface area contributed by atoms with E-state index in [4.69, 9.17) is 40.6 Å². The maximum absolute atomic E-state index is 12.1. The molecule has 0 bridgehead atoms. The highest BCUT2D eigenvalue weighted by molar-refractivity contribution is 7.99. The predicted molar refractivity (Wildman–Crippen MR) is 110 cm³/mol. The first-order chi connectivity index (χ1) is 13.0. The van der Waals surface area contributed by atoms with Gasteiger partial charge < -0.3 is 11.2 Å². The van der Waals surface area contributed by atoms with E-state index in [0.29, 0.717) is 38.2 Å². The lowest BCUT2D eigenvalue weighted by Gasteiger charge is -2.07. The Kier molecular flexibility index (Phi) is 6.49. The Morgan fingerprint density at radius 3 is 2.63 bits per heavy atom. The van der Waals surface area contributed by atoms with E-state index in [1.807, 2.05) is 18.2 Å². The Morgan fingerprint density at radius 2 is 1.89 bits per heavy atom. The standard InChI is InChI=1S/C17H14Cl3N5OS/c18-11-5-6-12(14(20)7-11)16-23-24-17(25(16)21)27-9-15(26)22-8-10-3-1-2-4-13(10)19/h1-7H,8-9,21H2,(H,22,26). The van der Waals surface area contributed by atoms with Crippen molar-refractivity contribution in [1.82, 2.24) is 20.2 Å². The summed E-state index contributed by atoms with van der Waals surface area (Å²) in [7, 11) is 0. The van der Waals surface area contributed by atoms with Crippen LogP contribution in [0.2, 0.25) is 15.1 Å². The van der Waals surface area contributed by atoms with E-state index < -0.39 is 0 Å². The zero-order valence-electron chi connectivity index (χ0n) is 13.8. The molecule has 0 aliphatic carbocycles. The van der Waals surface area contributed by atoms with Crippen molar-refractivity contribution >= 4 is 52.5 Å². The highest BCUT2D eigenvalue weighted by Crippen LogP contribution is 2.30. The zero-order valence-corrected chi connectivity index (χ0v) is 16.9. The molecule has 27 heavy (non-hydrogen) atoms. The number of benzene rings is 2. The molecule has 0 spiro atoms. The quantitative estimate of drug-likeness (QED) is 0.445. The topological polar surface area (TPSA) is 85.8 Å². The third-order valence-corrected chi connectivity index (χ3v) is 5.46. The van der Waals surface area contributed by atoms with Gasteiger partial charge in [-0.15, -0.1) is 10.2 Å². The highest BCUT2D eigenvalue weighted by atomic mass is 35.5. The van der Waals surface area contributed by atoms with Crippen LogP contribution >= 0.6 is 46.6 Å². The highest BCUT2D eigenvalue weighted by Gasteiger charge is 2.16. The first-order valence-corrected chi connectivity index (χ1v) is 9.86. The molecule has 10 heteroatoms. The van der Waals surface area contributed by atoms with Crippen molar-refractivity contribution in [3.8, 4) is 11.4 Å². The molecule has 1 aromatic heterocycles. The number of hydrogen-bond acceptors (Lipinski definition) is 5. The molecule has 1 amide bonds. The molecule has 3 aromatic rings. The average molecular weight is 443 g/mol. The molecule has 6 nitrogen and oxygen atoms in total. The van der Waals surface area contributed by atoms with Gasteiger partial charge in [-0.3, -0.25) is 4.79 Å². The minimum Gasteiger partial charge on any atom is -0.351 e. The summed E-state index contributed by atoms with van der Waals surface area (Å²) in [6, 6.07) is 12.3. The van der Waals surface area contributed by atoms with E-state index in [0.717, 1.165) is 5.56 Å². The van der Waals surface area contributed by atoms with Gasteiger partial charge in [-0.05, 0) is 29.8 Å². The number of aromatic nitrogens is 3. The molecule has 0 atom stereocenters. The lowest BCUT2D eigenvalue weighted by Crippen LogP contribution is -2.25. The zero-order chi connectivity index (χ0) is 19.4. The van der Waals surface area contributed by atoms with Crippen molar-refractivity contribution < 1.29 is 4.79 Å². The molecule has 0 aliphatic rings. The van der Waals surface area contributed by atoms with Gasteiger partial charge >= 0.3 is 0 Å². The van der Waals surface area contributed by atoms with Crippen molar-refractivity contribution in [3.63, 3.8) is 0 Å². The van der Waals surface area contributed by atoms with E-state index in [-0.39, 0.29) is 11.7 Å². The number of carbonyl (C=O) groups is 1. The van der Waals surface area contributed by atoms with E-state index in [9.17, 15) is 4.79 Å². The SMILES string of the molecule is Nn1c(SCC(=O)NCc2ccccc2Cl)nnc1-c1ccc(Cl)cc1Cl. The molecular formula is C17H14Cl3N5OS. The Bertz CT molecular complexity index is 979. The summed E-state index contributed by atoms with van der Waals surface area (Å²) in [5.74, 6) is 6.39. The van der Waals surface area contributed by atoms with Gasteiger partial charge in [0.1, 0.15) is 0 Å². The molecule has 0 saturated heterocycles. The van der Waals surface area contributed by atoms with Crippen molar-refractivity contribution in [1.29, 1.82) is 0 Å². The fourth-order valence-corrected chi connectivity index (χ4v) is 3.63. The van der Waals surface area contributed by atoms with Gasteiger partial charge in [-0.1, -0.05) is 64.8 Å². The molecule has 0 aliphatic heterocycles. The number of nitrogen functional groups attached to an aromatic ring is 1. The first-order valence-electron chi connectivity index (χ1n) is 7.74. The van der Waals surface area contributed by atoms with Crippen molar-refractivity contribution in [2.45, 2.75) is 11.7 Å². The van der Waals surface area contributed by atoms with E-state index in [1.54, 1.807) is 24.3 Å². The Balaban J connectivity index is 1.61. The fourth-order valence-electron chi connectivity index (χ4n) is 2.25. The van der Waals surface area contributed by atoms with Crippen molar-refractivity contribution in [3.05, 3.63) is 63.1 Å². The van der Waals surface area contributed by atoms with Crippen LogP contribution in [0.15, 0.2) is 47.6 Å². The number of nitrogens with two attached hydrogens (primary N) is 1. The lowest BCUT2D eigenvalue weighted by molar-refractivity contribution is -0.118. The van der Waals surface area contributed by atoms with E-state index in [1.165, 1.54) is 16.4 Å². The number of amides is 1. The largest absolute Gasteiger partial charge is 0.351 e. The molecule has 1 heterocycles. The van der Waals surface area contributed by atoms with Crippen LogP contribution < -0.4 is 11.2 Å². The smallest absolute Gasteiger partial charge is 0.230 e. The number of carbonyl (C=O) groups excluding carboxylic acids is 1. The Morgan fingerprint density at radius 1 is 1.11 bits per heavy atom. The van der Waals surface area contributed by atoms with Gasteiger partial charge in [-0.25, -0.2) is 4.68 Å². The fraction of sp³-hybridized carbons (Fsp3) is 0.118. The van der Waals surface area contributed by atoms with Gasteiger partial charge in [0, 0.05) is 22.2 Å². The second-order valence-corrected chi connectivity index (χ2v) is 7.65. The Labute approximate surface area is 175 Å². The minimum absolute atomic E-state index is 0.133. The van der Waals surface area contributed by atoms with Crippen LogP contribution in [-0.2, 0) is 11.3 Å². The van der Waals surface area contributed by atoms with Crippen LogP contribution in [0.4, 0.5) is 0 Å². The minimum atomic E-state index is -0.172. The monoisotopic (exact) mass is 441 g/mol. The molecule has 0 fully saturated rings. The summed E-state index contributed by atoms with van der Waals surface area (Å²) in [6.07, 6.45) is 0. The van der Waals surface area contributed by atoms with Gasteiger partial charge in [0.05, 0.1) is 10.8 Å². The summed E-state index contributed by atoms with van der Waals surface area (Å²) in [5.41, 5.74) is 1.45. The molecule has 2 aromatic carbocycles.